The summed E-state index contributed by atoms with van der Waals surface area (Å²) in [6.45, 7) is 6.81. The fourth-order valence-electron chi connectivity index (χ4n) is 0. The average Bonchev–Trinajstić information content (AvgIpc) is 0.811. The molecule has 0 spiro atoms. The van der Waals surface area contributed by atoms with Gasteiger partial charge in [-0.25, -0.2) is 0 Å². The zero-order valence-electron chi connectivity index (χ0n) is 6.21. The largest absolute Gasteiger partial charge is 3.00 e. The molecule has 0 unspecified atom stereocenters. The van der Waals surface area contributed by atoms with Crippen LogP contribution >= 0.6 is 0 Å². The van der Waals surface area contributed by atoms with Crippen LogP contribution in [-0.4, -0.2) is 8.80 Å². The first-order valence-corrected chi connectivity index (χ1v) is 4.50. The Hall–Kier alpha value is 1.71. The van der Waals surface area contributed by atoms with Crippen LogP contribution in [-0.2, 0) is 32.7 Å². The van der Waals surface area contributed by atoms with Gasteiger partial charge in [-0.3, -0.25) is 8.80 Å². The molecule has 0 nitrogen and oxygen atoms in total. The number of hydrogen-bond donors (Lipinski definition) is 0. The van der Waals surface area contributed by atoms with E-state index < -0.39 is 0 Å². The van der Waals surface area contributed by atoms with E-state index in [9.17, 15) is 0 Å². The summed E-state index contributed by atoms with van der Waals surface area (Å²) in [5, 5.41) is 0. The van der Waals surface area contributed by atoms with Crippen LogP contribution in [0.1, 0.15) is 0 Å². The summed E-state index contributed by atoms with van der Waals surface area (Å²) in [5.41, 5.74) is 0. The fraction of sp³-hybridized carbons (Fsp3) is 1.00. The average molecular weight is 226 g/mol. The molecular weight excluding hydrogens is 217 g/mol. The molecule has 0 aliphatic carbocycles. The first kappa shape index (κ1) is 45.5. The Morgan fingerprint density at radius 3 is 0.778 bits per heavy atom. The molecule has 0 radical (unpaired) electrons. The topological polar surface area (TPSA) is 0 Å². The van der Waals surface area contributed by atoms with Crippen molar-refractivity contribution in [2.24, 2.45) is 0 Å². The molecule has 0 bridgehead atoms. The van der Waals surface area contributed by atoms with Crippen LogP contribution in [0, 0.1) is 0 Å². The summed E-state index contributed by atoms with van der Waals surface area (Å²) >= 11 is 0. The third-order valence-corrected chi connectivity index (χ3v) is 0. The van der Waals surface area contributed by atoms with Crippen molar-refractivity contribution in [3.8, 4) is 0 Å². The molecule has 9 heavy (non-hydrogen) atoms. The van der Waals surface area contributed by atoms with Gasteiger partial charge >= 0.3 is 51.6 Å². The Morgan fingerprint density at radius 1 is 0.778 bits per heavy atom. The van der Waals surface area contributed by atoms with Gasteiger partial charge in [-0.05, 0) is 0 Å². The predicted octanol–water partition coefficient (Wildman–Crippen LogP) is -10.6. The Kier molecular flexibility index (Phi) is 168. The van der Waals surface area contributed by atoms with E-state index in [2.05, 4.69) is 19.6 Å². The van der Waals surface area contributed by atoms with Crippen LogP contribution in [0.25, 0.3) is 0 Å². The van der Waals surface area contributed by atoms with Crippen LogP contribution in [0.15, 0.2) is 0 Å². The maximum absolute atomic E-state index is 2.27. The van der Waals surface area contributed by atoms with E-state index in [4.69, 9.17) is 0 Å². The molecule has 0 fully saturated rings. The molecule has 0 aliphatic rings. The molecule has 0 N–H and O–H groups in total. The molecule has 0 atom stereocenters. The van der Waals surface area contributed by atoms with Gasteiger partial charge in [0, 0.05) is 0 Å². The molecule has 0 rings (SSSR count). The minimum absolute atomic E-state index is 0. The van der Waals surface area contributed by atoms with Gasteiger partial charge in [0.1, 0.15) is 0 Å². The number of rotatable bonds is 0. The maximum atomic E-state index is 2.27. The van der Waals surface area contributed by atoms with E-state index in [1.54, 1.807) is 0 Å². The Balaban J connectivity index is -0.00000000450. The summed E-state index contributed by atoms with van der Waals surface area (Å²) in [5.74, 6) is 0. The van der Waals surface area contributed by atoms with Gasteiger partial charge < -0.3 is 14.1 Å². The van der Waals surface area contributed by atoms with Crippen molar-refractivity contribution in [2.75, 3.05) is 0 Å². The molecular formula is C3H9F3LiSiY. The van der Waals surface area contributed by atoms with Gasteiger partial charge in [0.15, 0.2) is 0 Å². The predicted molar refractivity (Wildman–Crippen MR) is 23.3 cm³/mol. The molecule has 0 amide bonds. The quantitative estimate of drug-likeness (QED) is 0.360. The molecule has 50 valence electrons. The van der Waals surface area contributed by atoms with Crippen LogP contribution in [0.5, 0.6) is 0 Å². The zero-order chi connectivity index (χ0) is 3.58. The third kappa shape index (κ3) is 198. The summed E-state index contributed by atoms with van der Waals surface area (Å²) in [7, 11) is 0.120. The minimum atomic E-state index is 0. The van der Waals surface area contributed by atoms with Crippen molar-refractivity contribution >= 4 is 8.80 Å². The van der Waals surface area contributed by atoms with Crippen LogP contribution < -0.4 is 33.0 Å². The summed E-state index contributed by atoms with van der Waals surface area (Å²) < 4.78 is 0. The van der Waals surface area contributed by atoms with Crippen LogP contribution in [0.3, 0.4) is 0 Å². The first-order valence-electron chi connectivity index (χ1n) is 1.50. The second-order valence-corrected chi connectivity index (χ2v) is 4.50. The molecule has 0 aliphatic heterocycles. The van der Waals surface area contributed by atoms with Gasteiger partial charge in [-0.1, -0.05) is 0 Å². The Labute approximate surface area is 93.3 Å². The molecule has 6 heteroatoms. The maximum Gasteiger partial charge on any atom is 3.00 e. The zero-order valence-corrected chi connectivity index (χ0v) is 10.0. The molecule has 0 heterocycles. The standard InChI is InChI=1S/C3H9Si.3FH.Li.Y/c1-4(2)3;;;;;/h1-3H3;3*1H;;/q-1;;;;+1;+3/p-3. The van der Waals surface area contributed by atoms with Gasteiger partial charge in [0.05, 0.1) is 0 Å². The van der Waals surface area contributed by atoms with Crippen molar-refractivity contribution < 1.29 is 65.7 Å². The monoisotopic (exact) mass is 226 g/mol. The number of halogens is 3. The number of hydrogen-bond acceptors (Lipinski definition) is 0. The molecule has 0 saturated carbocycles. The smallest absolute Gasteiger partial charge is 1.00 e. The van der Waals surface area contributed by atoms with E-state index in [1.165, 1.54) is 0 Å². The summed E-state index contributed by atoms with van der Waals surface area (Å²) in [4.78, 5) is 0. The van der Waals surface area contributed by atoms with E-state index >= 15 is 0 Å². The van der Waals surface area contributed by atoms with Gasteiger partial charge in [0.25, 0.3) is 0 Å². The molecule has 0 aromatic carbocycles. The molecule has 0 aromatic rings. The van der Waals surface area contributed by atoms with Crippen molar-refractivity contribution in [1.82, 2.24) is 0 Å². The van der Waals surface area contributed by atoms with Crippen molar-refractivity contribution in [3.05, 3.63) is 0 Å². The van der Waals surface area contributed by atoms with E-state index in [0.717, 1.165) is 0 Å². The normalized spacial score (nSPS) is 4.00. The minimum Gasteiger partial charge on any atom is -1.00 e. The third-order valence-electron chi connectivity index (χ3n) is 0. The SMILES string of the molecule is C[Si-](C)C.[F-].[F-].[F-].[Li+].[Y+3]. The van der Waals surface area contributed by atoms with E-state index in [0.29, 0.717) is 0 Å². The summed E-state index contributed by atoms with van der Waals surface area (Å²) in [6, 6.07) is 0. The Bertz CT molecular complexity index is 23.8. The van der Waals surface area contributed by atoms with Crippen molar-refractivity contribution in [2.45, 2.75) is 19.6 Å². The second kappa shape index (κ2) is 33.2. The van der Waals surface area contributed by atoms with Crippen molar-refractivity contribution in [1.29, 1.82) is 0 Å². The van der Waals surface area contributed by atoms with Crippen molar-refractivity contribution in [3.63, 3.8) is 0 Å². The Morgan fingerprint density at radius 2 is 0.778 bits per heavy atom. The van der Waals surface area contributed by atoms with Gasteiger partial charge in [-0.2, -0.15) is 19.6 Å². The van der Waals surface area contributed by atoms with Gasteiger partial charge in [-0.15, -0.1) is 0 Å². The fourth-order valence-corrected chi connectivity index (χ4v) is 0. The molecule has 0 aromatic heterocycles. The first-order chi connectivity index (χ1) is 1.73. The van der Waals surface area contributed by atoms with E-state index in [1.807, 2.05) is 0 Å². The second-order valence-electron chi connectivity index (χ2n) is 1.50. The van der Waals surface area contributed by atoms with Gasteiger partial charge in [0.2, 0.25) is 0 Å². The van der Waals surface area contributed by atoms with Crippen LogP contribution in [0.4, 0.5) is 0 Å². The van der Waals surface area contributed by atoms with E-state index in [-0.39, 0.29) is 74.5 Å². The summed E-state index contributed by atoms with van der Waals surface area (Å²) in [6.07, 6.45) is 0. The molecule has 0 saturated heterocycles. The van der Waals surface area contributed by atoms with Crippen LogP contribution in [0.2, 0.25) is 19.6 Å².